The van der Waals surface area contributed by atoms with Crippen molar-refractivity contribution in [3.8, 4) is 0 Å². The highest BCUT2D eigenvalue weighted by molar-refractivity contribution is 5.89. The lowest BCUT2D eigenvalue weighted by atomic mass is 10.3. The fourth-order valence-corrected chi connectivity index (χ4v) is 0.705. The van der Waals surface area contributed by atoms with Gasteiger partial charge in [0.15, 0.2) is 0 Å². The minimum absolute atomic E-state index is 0.558. The molecule has 0 unspecified atom stereocenters. The zero-order valence-corrected chi connectivity index (χ0v) is 8.30. The maximum atomic E-state index is 9.55. The SMILES string of the molecule is CC1=CCC=CN1.O=C(O)C=CC(=O)O. The molecule has 0 bridgehead atoms. The Bertz CT molecular complexity index is 299. The molecule has 1 aliphatic rings. The molecular formula is C10H13NO4. The molecule has 3 N–H and O–H groups in total. The molecule has 82 valence electrons. The van der Waals surface area contributed by atoms with Crippen molar-refractivity contribution in [1.82, 2.24) is 5.32 Å². The van der Waals surface area contributed by atoms with E-state index in [9.17, 15) is 9.59 Å². The first kappa shape index (κ1) is 13.0. The topological polar surface area (TPSA) is 86.6 Å². The Morgan fingerprint density at radius 2 is 1.87 bits per heavy atom. The van der Waals surface area contributed by atoms with Crippen LogP contribution < -0.4 is 5.32 Å². The van der Waals surface area contributed by atoms with Crippen LogP contribution in [0.25, 0.3) is 0 Å². The molecule has 0 aromatic carbocycles. The van der Waals surface area contributed by atoms with E-state index in [0.29, 0.717) is 12.2 Å². The molecule has 1 heterocycles. The number of hydrogen-bond donors (Lipinski definition) is 3. The summed E-state index contributed by atoms with van der Waals surface area (Å²) in [5.74, 6) is -2.51. The normalized spacial score (nSPS) is 13.5. The van der Waals surface area contributed by atoms with Crippen molar-refractivity contribution in [2.24, 2.45) is 0 Å². The van der Waals surface area contributed by atoms with Crippen LogP contribution in [-0.4, -0.2) is 22.2 Å². The molecule has 0 spiro atoms. The maximum absolute atomic E-state index is 9.55. The van der Waals surface area contributed by atoms with Gasteiger partial charge in [0.2, 0.25) is 0 Å². The van der Waals surface area contributed by atoms with E-state index in [1.54, 1.807) is 0 Å². The Morgan fingerprint density at radius 1 is 1.33 bits per heavy atom. The van der Waals surface area contributed by atoms with Gasteiger partial charge in [0.25, 0.3) is 0 Å². The van der Waals surface area contributed by atoms with E-state index >= 15 is 0 Å². The van der Waals surface area contributed by atoms with Crippen molar-refractivity contribution in [1.29, 1.82) is 0 Å². The first-order valence-corrected chi connectivity index (χ1v) is 4.24. The lowest BCUT2D eigenvalue weighted by Gasteiger charge is -2.02. The number of nitrogens with one attached hydrogen (secondary N) is 1. The maximum Gasteiger partial charge on any atom is 0.328 e. The highest BCUT2D eigenvalue weighted by atomic mass is 16.4. The molecular weight excluding hydrogens is 198 g/mol. The number of carboxylic acids is 2. The Kier molecular flexibility index (Phi) is 6.37. The first-order chi connectivity index (χ1) is 7.02. The summed E-state index contributed by atoms with van der Waals surface area (Å²) in [5, 5.41) is 18.7. The molecule has 0 saturated heterocycles. The first-order valence-electron chi connectivity index (χ1n) is 4.24. The van der Waals surface area contributed by atoms with Gasteiger partial charge in [0.1, 0.15) is 0 Å². The van der Waals surface area contributed by atoms with Gasteiger partial charge >= 0.3 is 11.9 Å². The van der Waals surface area contributed by atoms with Gasteiger partial charge in [-0.05, 0) is 19.5 Å². The summed E-state index contributed by atoms with van der Waals surface area (Å²) in [6.07, 6.45) is 8.41. The number of allylic oxidation sites excluding steroid dienone is 3. The van der Waals surface area contributed by atoms with Crippen molar-refractivity contribution in [2.75, 3.05) is 0 Å². The van der Waals surface area contributed by atoms with E-state index in [0.717, 1.165) is 6.42 Å². The molecule has 0 atom stereocenters. The molecule has 1 aliphatic heterocycles. The van der Waals surface area contributed by atoms with Gasteiger partial charge in [0.05, 0.1) is 0 Å². The molecule has 5 nitrogen and oxygen atoms in total. The predicted molar refractivity (Wildman–Crippen MR) is 55.1 cm³/mol. The smallest absolute Gasteiger partial charge is 0.328 e. The van der Waals surface area contributed by atoms with Gasteiger partial charge < -0.3 is 15.5 Å². The van der Waals surface area contributed by atoms with Crippen LogP contribution in [0.2, 0.25) is 0 Å². The Morgan fingerprint density at radius 3 is 2.07 bits per heavy atom. The van der Waals surface area contributed by atoms with E-state index in [2.05, 4.69) is 24.4 Å². The average molecular weight is 211 g/mol. The molecule has 0 aliphatic carbocycles. The number of carbonyl (C=O) groups is 2. The van der Waals surface area contributed by atoms with Crippen molar-refractivity contribution >= 4 is 11.9 Å². The second-order valence-corrected chi connectivity index (χ2v) is 2.68. The highest BCUT2D eigenvalue weighted by Crippen LogP contribution is 1.96. The van der Waals surface area contributed by atoms with Crippen LogP contribution in [0.3, 0.4) is 0 Å². The largest absolute Gasteiger partial charge is 0.478 e. The number of hydrogen-bond acceptors (Lipinski definition) is 3. The van der Waals surface area contributed by atoms with Crippen LogP contribution in [0.4, 0.5) is 0 Å². The molecule has 0 aromatic rings. The summed E-state index contributed by atoms with van der Waals surface area (Å²) in [4.78, 5) is 19.1. The predicted octanol–water partition coefficient (Wildman–Crippen LogP) is 1.11. The van der Waals surface area contributed by atoms with Gasteiger partial charge in [-0.3, -0.25) is 0 Å². The van der Waals surface area contributed by atoms with Crippen LogP contribution in [0.15, 0.2) is 36.2 Å². The minimum Gasteiger partial charge on any atom is -0.478 e. The van der Waals surface area contributed by atoms with Crippen molar-refractivity contribution in [2.45, 2.75) is 13.3 Å². The zero-order valence-electron chi connectivity index (χ0n) is 8.30. The van der Waals surface area contributed by atoms with Crippen LogP contribution in [0.5, 0.6) is 0 Å². The minimum atomic E-state index is -1.26. The van der Waals surface area contributed by atoms with Gasteiger partial charge in [-0.1, -0.05) is 12.2 Å². The van der Waals surface area contributed by atoms with Gasteiger partial charge in [0, 0.05) is 17.8 Å². The standard InChI is InChI=1S/C6H9N.C4H4O4/c1-6-4-2-3-5-7-6;5-3(6)1-2-4(7)8/h3-5,7H,2H2,1H3;1-2H,(H,5,6)(H,7,8). The third-order valence-electron chi connectivity index (χ3n) is 1.36. The number of rotatable bonds is 2. The third-order valence-corrected chi connectivity index (χ3v) is 1.36. The number of aliphatic carboxylic acids is 2. The Hall–Kier alpha value is -2.04. The Balaban J connectivity index is 0.000000262. The summed E-state index contributed by atoms with van der Waals surface area (Å²) >= 11 is 0. The van der Waals surface area contributed by atoms with E-state index in [1.165, 1.54) is 5.70 Å². The summed E-state index contributed by atoms with van der Waals surface area (Å²) in [6, 6.07) is 0. The molecule has 0 aromatic heterocycles. The van der Waals surface area contributed by atoms with E-state index in [1.807, 2.05) is 6.20 Å². The zero-order chi connectivity index (χ0) is 11.7. The summed E-state index contributed by atoms with van der Waals surface area (Å²) in [7, 11) is 0. The molecule has 1 rings (SSSR count). The second kappa shape index (κ2) is 7.37. The molecule has 5 heteroatoms. The second-order valence-electron chi connectivity index (χ2n) is 2.68. The number of carboxylic acid groups (broad SMARTS) is 2. The van der Waals surface area contributed by atoms with Gasteiger partial charge in [-0.25, -0.2) is 9.59 Å². The monoisotopic (exact) mass is 211 g/mol. The fourth-order valence-electron chi connectivity index (χ4n) is 0.705. The lowest BCUT2D eigenvalue weighted by Crippen LogP contribution is -2.02. The van der Waals surface area contributed by atoms with Crippen LogP contribution >= 0.6 is 0 Å². The molecule has 0 saturated carbocycles. The van der Waals surface area contributed by atoms with Crippen LogP contribution in [0, 0.1) is 0 Å². The quantitative estimate of drug-likeness (QED) is 0.595. The molecule has 0 fully saturated rings. The van der Waals surface area contributed by atoms with E-state index < -0.39 is 11.9 Å². The van der Waals surface area contributed by atoms with Gasteiger partial charge in [-0.15, -0.1) is 0 Å². The fraction of sp³-hybridized carbons (Fsp3) is 0.200. The van der Waals surface area contributed by atoms with E-state index in [4.69, 9.17) is 10.2 Å². The Labute approximate surface area is 87.4 Å². The highest BCUT2D eigenvalue weighted by Gasteiger charge is 1.88. The average Bonchev–Trinajstić information content (AvgIpc) is 2.17. The van der Waals surface area contributed by atoms with Crippen LogP contribution in [0.1, 0.15) is 13.3 Å². The third kappa shape index (κ3) is 9.88. The summed E-state index contributed by atoms with van der Waals surface area (Å²) < 4.78 is 0. The molecule has 15 heavy (non-hydrogen) atoms. The van der Waals surface area contributed by atoms with Crippen molar-refractivity contribution < 1.29 is 19.8 Å². The van der Waals surface area contributed by atoms with E-state index in [-0.39, 0.29) is 0 Å². The molecule has 0 amide bonds. The molecule has 0 radical (unpaired) electrons. The lowest BCUT2D eigenvalue weighted by molar-refractivity contribution is -0.134. The summed E-state index contributed by atoms with van der Waals surface area (Å²) in [5.41, 5.74) is 1.25. The van der Waals surface area contributed by atoms with Crippen LogP contribution in [-0.2, 0) is 9.59 Å². The number of dihydropyridines is 1. The van der Waals surface area contributed by atoms with Crippen molar-refractivity contribution in [3.63, 3.8) is 0 Å². The summed E-state index contributed by atoms with van der Waals surface area (Å²) in [6.45, 7) is 2.06. The van der Waals surface area contributed by atoms with Gasteiger partial charge in [-0.2, -0.15) is 0 Å². The van der Waals surface area contributed by atoms with Crippen molar-refractivity contribution in [3.05, 3.63) is 36.2 Å².